The Kier molecular flexibility index (Phi) is 17.7. The Labute approximate surface area is 158 Å². The van der Waals surface area contributed by atoms with Crippen LogP contribution in [0.5, 0.6) is 0 Å². The first-order valence-corrected chi connectivity index (χ1v) is 9.56. The summed E-state index contributed by atoms with van der Waals surface area (Å²) in [5.41, 5.74) is 5.32. The third kappa shape index (κ3) is 17.1. The van der Waals surface area contributed by atoms with Crippen LogP contribution in [0.3, 0.4) is 0 Å². The summed E-state index contributed by atoms with van der Waals surface area (Å²) in [5, 5.41) is 0. The number of rotatable bonds is 5. The lowest BCUT2D eigenvalue weighted by atomic mass is 10.1. The van der Waals surface area contributed by atoms with Gasteiger partial charge in [-0.2, -0.15) is 0 Å². The molecule has 0 aliphatic heterocycles. The summed E-state index contributed by atoms with van der Waals surface area (Å²) >= 11 is 0. The number of hydrogen-bond acceptors (Lipinski definition) is 0. The van der Waals surface area contributed by atoms with Gasteiger partial charge in [0.15, 0.2) is 0 Å². The predicted octanol–water partition coefficient (Wildman–Crippen LogP) is 8.61. The van der Waals surface area contributed by atoms with Crippen LogP contribution in [-0.2, 0) is 0 Å². The molecule has 0 N–H and O–H groups in total. The fourth-order valence-electron chi connectivity index (χ4n) is 2.13. The molecule has 0 spiro atoms. The van der Waals surface area contributed by atoms with Crippen LogP contribution in [0.4, 0.5) is 0 Å². The van der Waals surface area contributed by atoms with Gasteiger partial charge in [0.1, 0.15) is 0 Å². The predicted molar refractivity (Wildman–Crippen MR) is 118 cm³/mol. The monoisotopic (exact) mass is 342 g/mol. The average molecular weight is 343 g/mol. The summed E-state index contributed by atoms with van der Waals surface area (Å²) in [6, 6.07) is 17.0. The van der Waals surface area contributed by atoms with Gasteiger partial charge in [0.05, 0.1) is 0 Å². The Morgan fingerprint density at radius 3 is 0.800 bits per heavy atom. The number of unbranched alkanes of at least 4 members (excludes halogenated alkanes) is 5. The van der Waals surface area contributed by atoms with E-state index >= 15 is 0 Å². The van der Waals surface area contributed by atoms with Gasteiger partial charge in [-0.3, -0.25) is 0 Å². The lowest BCUT2D eigenvalue weighted by Gasteiger charge is -1.93. The van der Waals surface area contributed by atoms with Crippen molar-refractivity contribution < 1.29 is 0 Å². The van der Waals surface area contributed by atoms with Gasteiger partial charge >= 0.3 is 0 Å². The fourth-order valence-corrected chi connectivity index (χ4v) is 2.13. The average Bonchev–Trinajstić information content (AvgIpc) is 2.58. The maximum atomic E-state index is 2.26. The molecule has 0 fully saturated rings. The molecule has 0 aromatic heterocycles. The van der Waals surface area contributed by atoms with E-state index in [1.165, 1.54) is 60.8 Å². The zero-order valence-corrected chi connectivity index (χ0v) is 16.9. The van der Waals surface area contributed by atoms with Crippen molar-refractivity contribution in [2.75, 3.05) is 0 Å². The summed E-state index contributed by atoms with van der Waals surface area (Å²) in [6.45, 7) is 12.9. The first-order valence-electron chi connectivity index (χ1n) is 9.56. The smallest absolute Gasteiger partial charge is 0.0398 e. The minimum Gasteiger partial charge on any atom is -0.0776 e. The first-order chi connectivity index (χ1) is 11.5. The molecule has 0 saturated heterocycles. The van der Waals surface area contributed by atoms with Gasteiger partial charge in [-0.15, -0.1) is 0 Å². The lowest BCUT2D eigenvalue weighted by molar-refractivity contribution is 0.624. The van der Waals surface area contributed by atoms with E-state index in [1.54, 1.807) is 0 Å². The molecule has 0 aliphatic rings. The Morgan fingerprint density at radius 2 is 0.640 bits per heavy atom. The van der Waals surface area contributed by atoms with Gasteiger partial charge in [0.25, 0.3) is 0 Å². The van der Waals surface area contributed by atoms with E-state index in [9.17, 15) is 0 Å². The van der Waals surface area contributed by atoms with Crippen LogP contribution in [0.2, 0.25) is 0 Å². The molecule has 0 unspecified atom stereocenters. The largest absolute Gasteiger partial charge is 0.0776 e. The molecule has 25 heavy (non-hydrogen) atoms. The third-order valence-corrected chi connectivity index (χ3v) is 3.89. The molecule has 0 radical (unpaired) electrons. The van der Waals surface area contributed by atoms with Gasteiger partial charge in [-0.05, 0) is 27.7 Å². The zero-order chi connectivity index (χ0) is 18.2. The molecule has 0 aliphatic carbocycles. The van der Waals surface area contributed by atoms with Crippen LogP contribution < -0.4 is 0 Å². The van der Waals surface area contributed by atoms with Crippen molar-refractivity contribution in [3.63, 3.8) is 0 Å². The van der Waals surface area contributed by atoms with Crippen molar-refractivity contribution in [3.05, 3.63) is 70.8 Å². The normalized spacial score (nSPS) is 9.04. The van der Waals surface area contributed by atoms with Crippen molar-refractivity contribution in [1.29, 1.82) is 0 Å². The van der Waals surface area contributed by atoms with Crippen LogP contribution in [-0.4, -0.2) is 0 Å². The highest BCUT2D eigenvalue weighted by Crippen LogP contribution is 2.03. The molecule has 0 bridgehead atoms. The van der Waals surface area contributed by atoms with Crippen molar-refractivity contribution in [2.45, 2.75) is 87.5 Å². The molecule has 142 valence electrons. The second-order valence-corrected chi connectivity index (χ2v) is 6.72. The molecular formula is C25H42. The van der Waals surface area contributed by atoms with E-state index in [4.69, 9.17) is 0 Å². The molecule has 0 saturated carbocycles. The van der Waals surface area contributed by atoms with Crippen molar-refractivity contribution >= 4 is 0 Å². The van der Waals surface area contributed by atoms with Gasteiger partial charge in [-0.25, -0.2) is 0 Å². The number of hydrogen-bond donors (Lipinski definition) is 0. The van der Waals surface area contributed by atoms with E-state index in [0.717, 1.165) is 0 Å². The Bertz CT molecular complexity index is 399. The van der Waals surface area contributed by atoms with Crippen LogP contribution in [0.15, 0.2) is 48.5 Å². The molecule has 2 aromatic carbocycles. The van der Waals surface area contributed by atoms with Gasteiger partial charge in [0, 0.05) is 0 Å². The molecule has 0 heteroatoms. The van der Waals surface area contributed by atoms with E-state index in [-0.39, 0.29) is 7.43 Å². The molecular weight excluding hydrogens is 300 g/mol. The lowest BCUT2D eigenvalue weighted by Crippen LogP contribution is -1.73. The summed E-state index contributed by atoms with van der Waals surface area (Å²) in [4.78, 5) is 0. The Hall–Kier alpha value is -1.56. The fraction of sp³-hybridized carbons (Fsp3) is 0.520. The van der Waals surface area contributed by atoms with E-state index < -0.39 is 0 Å². The van der Waals surface area contributed by atoms with E-state index in [2.05, 4.69) is 90.1 Å². The zero-order valence-electron chi connectivity index (χ0n) is 16.9. The molecule has 2 aromatic rings. The van der Waals surface area contributed by atoms with Crippen LogP contribution in [0, 0.1) is 27.7 Å². The highest BCUT2D eigenvalue weighted by atomic mass is 13.9. The highest BCUT2D eigenvalue weighted by molar-refractivity contribution is 5.20. The van der Waals surface area contributed by atoms with Gasteiger partial charge in [0.2, 0.25) is 0 Å². The molecule has 0 nitrogen and oxygen atoms in total. The van der Waals surface area contributed by atoms with E-state index in [0.29, 0.717) is 0 Å². The molecule has 0 heterocycles. The minimum absolute atomic E-state index is 0. The van der Waals surface area contributed by atoms with E-state index in [1.807, 2.05) is 0 Å². The second kappa shape index (κ2) is 17.3. The summed E-state index contributed by atoms with van der Waals surface area (Å²) in [7, 11) is 0. The maximum Gasteiger partial charge on any atom is -0.0398 e. The number of benzene rings is 2. The Morgan fingerprint density at radius 1 is 0.440 bits per heavy atom. The van der Waals surface area contributed by atoms with Gasteiger partial charge in [-0.1, -0.05) is 131 Å². The van der Waals surface area contributed by atoms with Crippen molar-refractivity contribution in [2.24, 2.45) is 0 Å². The topological polar surface area (TPSA) is 0 Å². The number of aryl methyl sites for hydroxylation is 4. The Balaban J connectivity index is 0. The molecule has 0 amide bonds. The second-order valence-electron chi connectivity index (χ2n) is 6.72. The quantitative estimate of drug-likeness (QED) is 0.477. The van der Waals surface area contributed by atoms with Gasteiger partial charge < -0.3 is 0 Å². The van der Waals surface area contributed by atoms with Crippen molar-refractivity contribution in [1.82, 2.24) is 0 Å². The molecule has 2 rings (SSSR count). The highest BCUT2D eigenvalue weighted by Gasteiger charge is 1.83. The van der Waals surface area contributed by atoms with Crippen molar-refractivity contribution in [3.8, 4) is 0 Å². The first kappa shape index (κ1) is 25.7. The van der Waals surface area contributed by atoms with Crippen LogP contribution >= 0.6 is 0 Å². The summed E-state index contributed by atoms with van der Waals surface area (Å²) in [5.74, 6) is 0. The third-order valence-electron chi connectivity index (χ3n) is 3.89. The van der Waals surface area contributed by atoms with Crippen LogP contribution in [0.1, 0.15) is 82.1 Å². The molecule has 0 atom stereocenters. The summed E-state index contributed by atoms with van der Waals surface area (Å²) in [6.07, 6.45) is 8.49. The summed E-state index contributed by atoms with van der Waals surface area (Å²) < 4.78 is 0. The maximum absolute atomic E-state index is 2.26. The standard InChI is InChI=1S/2C8H10.C8H18.CH4/c2*1-7-3-5-8(2)6-4-7;1-3-5-7-8-6-4-2;/h2*3-6H,1-2H3;3-8H2,1-2H3;1H4. The van der Waals surface area contributed by atoms with Crippen LogP contribution in [0.25, 0.3) is 0 Å². The SMILES string of the molecule is C.CCCCCCCC.Cc1ccc(C)cc1.Cc1ccc(C)cc1. The minimum atomic E-state index is 0.